The van der Waals surface area contributed by atoms with Crippen molar-refractivity contribution in [1.82, 2.24) is 0 Å². The summed E-state index contributed by atoms with van der Waals surface area (Å²) in [6.07, 6.45) is 1.27. The number of carbonyl (C=O) groups excluding carboxylic acids is 1. The molecule has 0 saturated heterocycles. The Hall–Kier alpha value is -1.23. The van der Waals surface area contributed by atoms with Crippen molar-refractivity contribution in [3.63, 3.8) is 0 Å². The van der Waals surface area contributed by atoms with E-state index < -0.39 is 4.92 Å². The van der Waals surface area contributed by atoms with Crippen LogP contribution >= 0.6 is 22.9 Å². The van der Waals surface area contributed by atoms with E-state index in [1.807, 2.05) is 0 Å². The molecule has 7 heteroatoms. The maximum Gasteiger partial charge on any atom is 0.301 e. The Morgan fingerprint density at radius 3 is 2.83 bits per heavy atom. The van der Waals surface area contributed by atoms with Gasteiger partial charge in [-0.2, -0.15) is 4.99 Å². The molecule has 0 unspecified atom stereocenters. The van der Waals surface area contributed by atoms with Gasteiger partial charge in [0.15, 0.2) is 4.34 Å². The molecule has 62 valence electrons. The quantitative estimate of drug-likeness (QED) is 0.321. The smallest absolute Gasteiger partial charge is 0.258 e. The summed E-state index contributed by atoms with van der Waals surface area (Å²) in [5.41, 5.74) is -0.240. The third-order valence-electron chi connectivity index (χ3n) is 1.01. The lowest BCUT2D eigenvalue weighted by molar-refractivity contribution is -0.384. The van der Waals surface area contributed by atoms with E-state index >= 15 is 0 Å². The van der Waals surface area contributed by atoms with Crippen LogP contribution in [0.4, 0.5) is 10.7 Å². The van der Waals surface area contributed by atoms with Gasteiger partial charge in [-0.15, -0.1) is 0 Å². The molecule has 0 saturated carbocycles. The van der Waals surface area contributed by atoms with Crippen molar-refractivity contribution < 1.29 is 9.72 Å². The first-order valence-electron chi connectivity index (χ1n) is 2.66. The number of nitrogens with zero attached hydrogens (tertiary/aromatic N) is 2. The summed E-state index contributed by atoms with van der Waals surface area (Å²) in [5.74, 6) is 0. The van der Waals surface area contributed by atoms with Gasteiger partial charge in [-0.1, -0.05) is 22.9 Å². The number of hydrogen-bond acceptors (Lipinski definition) is 5. The minimum Gasteiger partial charge on any atom is -0.258 e. The lowest BCUT2D eigenvalue weighted by Crippen LogP contribution is -1.83. The van der Waals surface area contributed by atoms with Crippen LogP contribution in [0.25, 0.3) is 0 Å². The summed E-state index contributed by atoms with van der Waals surface area (Å²) < 4.78 is 0.00833. The molecule has 0 radical (unpaired) electrons. The minimum absolute atomic E-state index is 0.00833. The predicted octanol–water partition coefficient (Wildman–Crippen LogP) is 2.28. The van der Waals surface area contributed by atoms with Gasteiger partial charge in [0, 0.05) is 0 Å². The van der Waals surface area contributed by atoms with Gasteiger partial charge in [-0.05, 0) is 0 Å². The first-order valence-corrected chi connectivity index (χ1v) is 3.86. The van der Waals surface area contributed by atoms with Crippen molar-refractivity contribution in [2.24, 2.45) is 4.99 Å². The Balaban J connectivity index is 3.16. The van der Waals surface area contributed by atoms with Crippen molar-refractivity contribution in [2.75, 3.05) is 0 Å². The van der Waals surface area contributed by atoms with Gasteiger partial charge < -0.3 is 0 Å². The van der Waals surface area contributed by atoms with Crippen molar-refractivity contribution >= 4 is 39.7 Å². The summed E-state index contributed by atoms with van der Waals surface area (Å²) >= 11 is 6.32. The number of halogens is 1. The molecule has 0 amide bonds. The SMILES string of the molecule is O=C=Nc1cc([N+](=O)[O-])c(Cl)s1. The third-order valence-corrected chi connectivity index (χ3v) is 2.24. The van der Waals surface area contributed by atoms with Crippen LogP contribution in [0.5, 0.6) is 0 Å². The average molecular weight is 205 g/mol. The van der Waals surface area contributed by atoms with Crippen LogP contribution in [0, 0.1) is 10.1 Å². The molecule has 12 heavy (non-hydrogen) atoms. The Bertz CT molecular complexity index is 369. The lowest BCUT2D eigenvalue weighted by atomic mass is 10.5. The van der Waals surface area contributed by atoms with Gasteiger partial charge in [0.25, 0.3) is 0 Å². The molecule has 5 nitrogen and oxygen atoms in total. The summed E-state index contributed by atoms with van der Waals surface area (Å²) in [5, 5.41) is 10.4. The van der Waals surface area contributed by atoms with Crippen molar-refractivity contribution in [3.8, 4) is 0 Å². The Kier molecular flexibility index (Phi) is 2.54. The van der Waals surface area contributed by atoms with Crippen LogP contribution in [0.3, 0.4) is 0 Å². The van der Waals surface area contributed by atoms with Crippen LogP contribution in [0.15, 0.2) is 11.1 Å². The minimum atomic E-state index is -0.636. The van der Waals surface area contributed by atoms with E-state index in [0.29, 0.717) is 0 Å². The predicted molar refractivity (Wildman–Crippen MR) is 43.8 cm³/mol. The van der Waals surface area contributed by atoms with E-state index in [1.54, 1.807) is 0 Å². The van der Waals surface area contributed by atoms with Crippen molar-refractivity contribution in [2.45, 2.75) is 0 Å². The average Bonchev–Trinajstić information content (AvgIpc) is 2.32. The maximum absolute atomic E-state index is 10.2. The van der Waals surface area contributed by atoms with Gasteiger partial charge >= 0.3 is 5.69 Å². The molecule has 0 N–H and O–H groups in total. The summed E-state index contributed by atoms with van der Waals surface area (Å²) in [6.45, 7) is 0. The van der Waals surface area contributed by atoms with Crippen LogP contribution in [0.1, 0.15) is 0 Å². The fourth-order valence-electron chi connectivity index (χ4n) is 0.572. The van der Waals surface area contributed by atoms with E-state index in [2.05, 4.69) is 4.99 Å². The van der Waals surface area contributed by atoms with Crippen LogP contribution in [-0.4, -0.2) is 11.0 Å². The van der Waals surface area contributed by atoms with Crippen molar-refractivity contribution in [3.05, 3.63) is 20.5 Å². The molecular formula is C5HClN2O3S. The first kappa shape index (κ1) is 8.86. The van der Waals surface area contributed by atoms with E-state index in [1.165, 1.54) is 6.08 Å². The number of rotatable bonds is 2. The second-order valence-corrected chi connectivity index (χ2v) is 3.34. The van der Waals surface area contributed by atoms with E-state index in [0.717, 1.165) is 17.4 Å². The number of thiophene rings is 1. The molecule has 0 aliphatic heterocycles. The van der Waals surface area contributed by atoms with Crippen LogP contribution in [0.2, 0.25) is 4.34 Å². The Labute approximate surface area is 75.4 Å². The highest BCUT2D eigenvalue weighted by Gasteiger charge is 2.16. The molecule has 0 fully saturated rings. The van der Waals surface area contributed by atoms with E-state index in [9.17, 15) is 14.9 Å². The molecule has 0 aliphatic rings. The molecule has 0 aromatic carbocycles. The first-order chi connectivity index (χ1) is 5.65. The van der Waals surface area contributed by atoms with Crippen molar-refractivity contribution in [1.29, 1.82) is 0 Å². The zero-order chi connectivity index (χ0) is 9.14. The van der Waals surface area contributed by atoms with E-state index in [-0.39, 0.29) is 15.0 Å². The highest BCUT2D eigenvalue weighted by molar-refractivity contribution is 7.20. The number of aliphatic imine (C=N–C) groups is 1. The van der Waals surface area contributed by atoms with E-state index in [4.69, 9.17) is 11.6 Å². The topological polar surface area (TPSA) is 72.6 Å². The second kappa shape index (κ2) is 3.44. The maximum atomic E-state index is 10.2. The van der Waals surface area contributed by atoms with Gasteiger partial charge in [0.05, 0.1) is 11.0 Å². The number of nitro groups is 1. The number of isocyanates is 1. The van der Waals surface area contributed by atoms with Gasteiger partial charge in [0.1, 0.15) is 5.00 Å². The molecule has 1 aromatic rings. The molecule has 0 bridgehead atoms. The second-order valence-electron chi connectivity index (χ2n) is 1.70. The molecule has 0 atom stereocenters. The summed E-state index contributed by atoms with van der Waals surface area (Å²) in [7, 11) is 0. The zero-order valence-corrected chi connectivity index (χ0v) is 7.06. The highest BCUT2D eigenvalue weighted by Crippen LogP contribution is 2.38. The monoisotopic (exact) mass is 204 g/mol. The third kappa shape index (κ3) is 1.68. The molecule has 0 aliphatic carbocycles. The van der Waals surface area contributed by atoms with Gasteiger partial charge in [-0.25, -0.2) is 4.79 Å². The fourth-order valence-corrected chi connectivity index (χ4v) is 1.61. The zero-order valence-electron chi connectivity index (χ0n) is 5.48. The summed E-state index contributed by atoms with van der Waals surface area (Å²) in [6, 6.07) is 1.12. The molecule has 1 aromatic heterocycles. The molecule has 0 spiro atoms. The largest absolute Gasteiger partial charge is 0.301 e. The Morgan fingerprint density at radius 1 is 1.75 bits per heavy atom. The van der Waals surface area contributed by atoms with Crippen LogP contribution in [-0.2, 0) is 4.79 Å². The summed E-state index contributed by atoms with van der Waals surface area (Å²) in [4.78, 5) is 22.6. The lowest BCUT2D eigenvalue weighted by Gasteiger charge is -1.81. The fraction of sp³-hybridized carbons (Fsp3) is 0. The molecule has 1 heterocycles. The standard InChI is InChI=1S/C5HClN2O3S/c6-5-3(8(10)11)1-4(12-5)7-2-9/h1H. The van der Waals surface area contributed by atoms with Crippen LogP contribution < -0.4 is 0 Å². The van der Waals surface area contributed by atoms with Gasteiger partial charge in [0.2, 0.25) is 6.08 Å². The Morgan fingerprint density at radius 2 is 2.42 bits per heavy atom. The normalized spacial score (nSPS) is 9.08. The number of hydrogen-bond donors (Lipinski definition) is 0. The van der Waals surface area contributed by atoms with Gasteiger partial charge in [-0.3, -0.25) is 10.1 Å². The highest BCUT2D eigenvalue weighted by atomic mass is 35.5. The molecular weight excluding hydrogens is 204 g/mol. The molecule has 1 rings (SSSR count).